The molecule has 2 N–H and O–H groups in total. The number of rotatable bonds is 10. The van der Waals surface area contributed by atoms with Gasteiger partial charge in [0.05, 0.1) is 61.4 Å². The van der Waals surface area contributed by atoms with E-state index >= 15 is 0 Å². The summed E-state index contributed by atoms with van der Waals surface area (Å²) in [5.41, 5.74) is 1.54. The molecule has 10 aromatic rings. The molecule has 0 bridgehead atoms. The number of benzene rings is 10. The van der Waals surface area contributed by atoms with Crippen LogP contribution in [0.5, 0.6) is 46.0 Å². The number of phenolic OH excluding ortho intramolecular Hbond substituents is 2. The van der Waals surface area contributed by atoms with Gasteiger partial charge < -0.3 is 44.1 Å². The van der Waals surface area contributed by atoms with Crippen LogP contribution in [0.4, 0.5) is 70.2 Å². The second-order valence-electron chi connectivity index (χ2n) is 21.2. The van der Waals surface area contributed by atoms with Crippen molar-refractivity contribution >= 4 is 21.8 Å². The summed E-state index contributed by atoms with van der Waals surface area (Å²) in [4.78, 5) is 7.50. The average molecular weight is 1570 g/mol. The standard InChI is InChI=1S/2C21H21O2S.2C8H7F3O.2C6HF5O.C4H8O.CH4.Y/c2*1-16-7-4-10-19(13-16)24(20-11-5-8-17(14-20)22-2)21-12-6-9-18(15-21)23-3;2*1-5-2-6(8(9,10)11)4-7(12)3-5;2*7-1-2(8)4(10)6(12)5(11)3(1)9;1-2-4-5-3-1;;/h2*4-15H,1-3H3;2*2-4,12H,1H3;2*12H;1-4H2;1H4;/q2*+1;;;;;;;/p-2. The van der Waals surface area contributed by atoms with Crippen LogP contribution in [0.2, 0.25) is 0 Å². The fraction of sp³-hybridized carbons (Fsp3) is 0.200. The van der Waals surface area contributed by atoms with Gasteiger partial charge in [-0.05, 0) is 160 Å². The second-order valence-corrected chi connectivity index (χ2v) is 25.2. The molecule has 0 aliphatic carbocycles. The summed E-state index contributed by atoms with van der Waals surface area (Å²) in [7, 11) is 6.40. The smallest absolute Gasteiger partial charge is 0.416 e. The fourth-order valence-electron chi connectivity index (χ4n) is 8.74. The monoisotopic (exact) mass is 1570 g/mol. The molecule has 1 saturated heterocycles. The number of hydrogen-bond acceptors (Lipinski definition) is 9. The third kappa shape index (κ3) is 26.2. The van der Waals surface area contributed by atoms with Crippen molar-refractivity contribution in [1.29, 1.82) is 0 Å². The zero-order valence-corrected chi connectivity index (χ0v) is 59.8. The molecule has 1 heterocycles. The summed E-state index contributed by atoms with van der Waals surface area (Å²) in [5.74, 6) is -24.0. The maximum Gasteiger partial charge on any atom is 0.416 e. The second kappa shape index (κ2) is 41.5. The first-order valence-electron chi connectivity index (χ1n) is 29.5. The topological polar surface area (TPSA) is 133 Å². The summed E-state index contributed by atoms with van der Waals surface area (Å²) < 4.78 is 220. The average Bonchev–Trinajstić information content (AvgIpc) is 0.979. The summed E-state index contributed by atoms with van der Waals surface area (Å²) in [5, 5.41) is 38.0. The minimum atomic E-state index is -4.43. The quantitative estimate of drug-likeness (QED) is 0.0594. The largest absolute Gasteiger partial charge is 0.872 e. The number of ether oxygens (including phenoxy) is 5. The van der Waals surface area contributed by atoms with Crippen LogP contribution in [-0.4, -0.2) is 51.9 Å². The van der Waals surface area contributed by atoms with Crippen molar-refractivity contribution in [1.82, 2.24) is 0 Å². The van der Waals surface area contributed by atoms with E-state index in [2.05, 4.69) is 111 Å². The molecule has 1 aliphatic heterocycles. The molecule has 0 unspecified atom stereocenters. The summed E-state index contributed by atoms with van der Waals surface area (Å²) >= 11 is 0. The Kier molecular flexibility index (Phi) is 35.7. The van der Waals surface area contributed by atoms with Crippen molar-refractivity contribution in [2.45, 2.75) is 89.7 Å². The van der Waals surface area contributed by atoms with Crippen molar-refractivity contribution < 1.29 is 147 Å². The van der Waals surface area contributed by atoms with Gasteiger partial charge >= 0.3 is 12.4 Å². The molecule has 0 atom stereocenters. The fourth-order valence-corrected chi connectivity index (χ4v) is 13.2. The predicted molar refractivity (Wildman–Crippen MR) is 352 cm³/mol. The molecular formula is C75H68F16O9S2Y. The first-order chi connectivity index (χ1) is 47.6. The molecule has 103 heavy (non-hydrogen) atoms. The van der Waals surface area contributed by atoms with Gasteiger partial charge in [0.2, 0.25) is 29.1 Å². The summed E-state index contributed by atoms with van der Waals surface area (Å²) in [6, 6.07) is 56.2. The van der Waals surface area contributed by atoms with Gasteiger partial charge in [0.25, 0.3) is 0 Å². The third-order valence-corrected chi connectivity index (χ3v) is 17.9. The van der Waals surface area contributed by atoms with Crippen LogP contribution < -0.4 is 29.2 Å². The van der Waals surface area contributed by atoms with E-state index < -0.39 is 98.9 Å². The van der Waals surface area contributed by atoms with E-state index in [1.165, 1.54) is 73.3 Å². The van der Waals surface area contributed by atoms with Crippen molar-refractivity contribution in [3.05, 3.63) is 274 Å². The van der Waals surface area contributed by atoms with Gasteiger partial charge in [-0.1, -0.05) is 73.7 Å². The summed E-state index contributed by atoms with van der Waals surface area (Å²) in [6.45, 7) is 9.20. The Morgan fingerprint density at radius 1 is 0.359 bits per heavy atom. The molecule has 1 aliphatic rings. The molecule has 28 heteroatoms. The van der Waals surface area contributed by atoms with Crippen molar-refractivity contribution in [2.24, 2.45) is 0 Å². The van der Waals surface area contributed by atoms with E-state index in [1.54, 1.807) is 28.4 Å². The van der Waals surface area contributed by atoms with Crippen LogP contribution in [0.1, 0.15) is 53.6 Å². The van der Waals surface area contributed by atoms with Gasteiger partial charge in [-0.25, -0.2) is 35.1 Å². The maximum atomic E-state index is 12.2. The molecule has 11 rings (SSSR count). The van der Waals surface area contributed by atoms with Gasteiger partial charge in [-0.3, -0.25) is 0 Å². The minimum Gasteiger partial charge on any atom is -0.872 e. The Hall–Kier alpha value is -8.76. The zero-order valence-electron chi connectivity index (χ0n) is 55.3. The molecule has 9 nitrogen and oxygen atoms in total. The molecule has 0 aromatic heterocycles. The minimum absolute atomic E-state index is 0. The van der Waals surface area contributed by atoms with Crippen LogP contribution >= 0.6 is 0 Å². The van der Waals surface area contributed by atoms with E-state index in [0.717, 1.165) is 54.4 Å². The Labute approximate surface area is 615 Å². The number of aryl methyl sites for hydroxylation is 4. The first-order valence-corrected chi connectivity index (χ1v) is 32.0. The zero-order chi connectivity index (χ0) is 75.1. The van der Waals surface area contributed by atoms with Gasteiger partial charge in [0.1, 0.15) is 28.7 Å². The normalized spacial score (nSPS) is 11.3. The van der Waals surface area contributed by atoms with Gasteiger partial charge in [-0.15, -0.1) is 5.75 Å². The van der Waals surface area contributed by atoms with E-state index in [-0.39, 0.29) is 67.7 Å². The molecule has 549 valence electrons. The molecule has 10 aromatic carbocycles. The van der Waals surface area contributed by atoms with Crippen molar-refractivity contribution in [3.8, 4) is 46.0 Å². The number of methoxy groups -OCH3 is 4. The van der Waals surface area contributed by atoms with Gasteiger partial charge in [0, 0.05) is 70.2 Å². The summed E-state index contributed by atoms with van der Waals surface area (Å²) in [6.07, 6.45) is -6.26. The van der Waals surface area contributed by atoms with Crippen molar-refractivity contribution in [2.75, 3.05) is 41.7 Å². The number of alkyl halides is 6. The van der Waals surface area contributed by atoms with Crippen LogP contribution in [0, 0.1) is 85.9 Å². The number of halogens is 16. The number of phenols is 2. The number of aromatic hydroxyl groups is 2. The van der Waals surface area contributed by atoms with E-state index in [4.69, 9.17) is 33.9 Å². The van der Waals surface area contributed by atoms with E-state index in [1.807, 2.05) is 48.5 Å². The van der Waals surface area contributed by atoms with Crippen LogP contribution in [0.3, 0.4) is 0 Å². The third-order valence-electron chi connectivity index (χ3n) is 13.5. The molecule has 0 spiro atoms. The van der Waals surface area contributed by atoms with Crippen LogP contribution in [-0.2, 0) is 71.6 Å². The SMILES string of the molecule is C.C1CCOC1.COc1cccc([S+](c2cccc(C)c2)c2cccc(OC)c2)c1.COc1cccc([S+](c2cccc(C)c2)c2cccc(OC)c2)c1.Cc1cc(O)cc(C(F)(F)F)c1.Cc1cc([O-])cc(C(F)(F)F)c1.Oc1c(F)c(F)c(F)c(F)c1F.[O-]c1c(F)c(F)c(F)c(F)c1F.[Y]. The predicted octanol–water partition coefficient (Wildman–Crippen LogP) is 20.0. The van der Waals surface area contributed by atoms with Gasteiger partial charge in [0.15, 0.2) is 64.2 Å². The Balaban J connectivity index is 0.000000325. The van der Waals surface area contributed by atoms with Crippen LogP contribution in [0.25, 0.3) is 0 Å². The van der Waals surface area contributed by atoms with Gasteiger partial charge in [-0.2, -0.15) is 35.1 Å². The van der Waals surface area contributed by atoms with Crippen molar-refractivity contribution in [3.63, 3.8) is 0 Å². The molecule has 1 fully saturated rings. The first kappa shape index (κ1) is 88.5. The molecule has 1 radical (unpaired) electrons. The van der Waals surface area contributed by atoms with E-state index in [0.29, 0.717) is 23.3 Å². The number of hydrogen-bond donors (Lipinski definition) is 2. The Morgan fingerprint density at radius 2 is 0.641 bits per heavy atom. The Bertz CT molecular complexity index is 3750. The molecular weight excluding hydrogens is 1500 g/mol. The molecule has 0 amide bonds. The molecule has 0 saturated carbocycles. The maximum absolute atomic E-state index is 12.2. The Morgan fingerprint density at radius 3 is 0.913 bits per heavy atom. The van der Waals surface area contributed by atoms with Crippen LogP contribution in [0.15, 0.2) is 211 Å². The van der Waals surface area contributed by atoms with E-state index in [9.17, 15) is 80.5 Å².